The van der Waals surface area contributed by atoms with E-state index in [0.717, 1.165) is 11.3 Å². The molecule has 0 bridgehead atoms. The lowest BCUT2D eigenvalue weighted by Gasteiger charge is -2.22. The van der Waals surface area contributed by atoms with E-state index in [2.05, 4.69) is 26.0 Å². The van der Waals surface area contributed by atoms with Crippen LogP contribution in [0.2, 0.25) is 0 Å². The van der Waals surface area contributed by atoms with Gasteiger partial charge in [0.2, 0.25) is 0 Å². The number of aromatic amines is 1. The second-order valence-corrected chi connectivity index (χ2v) is 3.69. The van der Waals surface area contributed by atoms with Crippen molar-refractivity contribution >= 4 is 17.0 Å². The summed E-state index contributed by atoms with van der Waals surface area (Å²) in [5, 5.41) is 8.70. The number of anilines is 1. The number of hydrogen-bond acceptors (Lipinski definition) is 6. The number of methoxy groups -OCH3 is 1. The van der Waals surface area contributed by atoms with Crippen LogP contribution in [-0.4, -0.2) is 46.7 Å². The SMILES string of the molecule is COCCN(CCC#N)c1ncnc2nc[nH]c12. The molecule has 0 aliphatic heterocycles. The summed E-state index contributed by atoms with van der Waals surface area (Å²) in [4.78, 5) is 17.4. The highest BCUT2D eigenvalue weighted by molar-refractivity contribution is 5.82. The van der Waals surface area contributed by atoms with Crippen molar-refractivity contribution in [3.8, 4) is 6.07 Å². The quantitative estimate of drug-likeness (QED) is 0.807. The number of H-pyrrole nitrogens is 1. The Morgan fingerprint density at radius 2 is 2.28 bits per heavy atom. The fourth-order valence-corrected chi connectivity index (χ4v) is 1.70. The van der Waals surface area contributed by atoms with Gasteiger partial charge in [-0.1, -0.05) is 0 Å². The number of nitrogens with zero attached hydrogens (tertiary/aromatic N) is 5. The van der Waals surface area contributed by atoms with E-state index >= 15 is 0 Å². The number of imidazole rings is 1. The minimum atomic E-state index is 0.434. The van der Waals surface area contributed by atoms with Crippen molar-refractivity contribution in [3.63, 3.8) is 0 Å². The van der Waals surface area contributed by atoms with Crippen molar-refractivity contribution in [1.82, 2.24) is 19.9 Å². The lowest BCUT2D eigenvalue weighted by molar-refractivity contribution is 0.205. The normalized spacial score (nSPS) is 10.4. The monoisotopic (exact) mass is 246 g/mol. The van der Waals surface area contributed by atoms with Crippen LogP contribution < -0.4 is 4.90 Å². The largest absolute Gasteiger partial charge is 0.383 e. The zero-order chi connectivity index (χ0) is 12.8. The van der Waals surface area contributed by atoms with Gasteiger partial charge in [-0.05, 0) is 0 Å². The standard InChI is InChI=1S/C11H14N6O/c1-18-6-5-17(4-2-3-12)11-9-10(14-7-13-9)15-8-16-11/h7-8H,2,4-6H2,1H3,(H,13,14,15,16). The highest BCUT2D eigenvalue weighted by atomic mass is 16.5. The Morgan fingerprint density at radius 1 is 1.39 bits per heavy atom. The molecule has 0 aliphatic rings. The van der Waals surface area contributed by atoms with Crippen LogP contribution in [0.15, 0.2) is 12.7 Å². The van der Waals surface area contributed by atoms with Gasteiger partial charge in [-0.2, -0.15) is 5.26 Å². The van der Waals surface area contributed by atoms with Gasteiger partial charge in [0.05, 0.1) is 25.4 Å². The van der Waals surface area contributed by atoms with Crippen LogP contribution in [0.1, 0.15) is 6.42 Å². The molecule has 18 heavy (non-hydrogen) atoms. The van der Waals surface area contributed by atoms with Crippen molar-refractivity contribution in [1.29, 1.82) is 5.26 Å². The number of rotatable bonds is 6. The molecule has 0 saturated carbocycles. The molecule has 2 aromatic rings. The molecule has 0 aromatic carbocycles. The van der Waals surface area contributed by atoms with Crippen LogP contribution in [0.5, 0.6) is 0 Å². The van der Waals surface area contributed by atoms with Crippen LogP contribution in [-0.2, 0) is 4.74 Å². The Bertz CT molecular complexity index is 546. The van der Waals surface area contributed by atoms with Crippen molar-refractivity contribution < 1.29 is 4.74 Å². The maximum atomic E-state index is 8.70. The first-order valence-electron chi connectivity index (χ1n) is 5.61. The Morgan fingerprint density at radius 3 is 3.06 bits per heavy atom. The minimum Gasteiger partial charge on any atom is -0.383 e. The molecule has 2 heterocycles. The minimum absolute atomic E-state index is 0.434. The van der Waals surface area contributed by atoms with Crippen LogP contribution >= 0.6 is 0 Å². The van der Waals surface area contributed by atoms with Gasteiger partial charge in [-0.15, -0.1) is 0 Å². The van der Waals surface area contributed by atoms with E-state index in [1.54, 1.807) is 13.4 Å². The maximum absolute atomic E-state index is 8.70. The molecule has 2 rings (SSSR count). The molecule has 2 aromatic heterocycles. The van der Waals surface area contributed by atoms with E-state index in [4.69, 9.17) is 10.00 Å². The van der Waals surface area contributed by atoms with Gasteiger partial charge in [0.25, 0.3) is 0 Å². The average molecular weight is 246 g/mol. The second-order valence-electron chi connectivity index (χ2n) is 3.69. The number of hydrogen-bond donors (Lipinski definition) is 1. The molecule has 0 fully saturated rings. The first-order valence-corrected chi connectivity index (χ1v) is 5.61. The molecule has 1 N–H and O–H groups in total. The predicted octanol–water partition coefficient (Wildman–Crippen LogP) is 0.719. The second kappa shape index (κ2) is 5.93. The molecule has 0 saturated heterocycles. The zero-order valence-electron chi connectivity index (χ0n) is 10.1. The van der Waals surface area contributed by atoms with Crippen molar-refractivity contribution in [2.24, 2.45) is 0 Å². The van der Waals surface area contributed by atoms with Crippen molar-refractivity contribution in [2.45, 2.75) is 6.42 Å². The van der Waals surface area contributed by atoms with E-state index in [9.17, 15) is 0 Å². The summed E-state index contributed by atoms with van der Waals surface area (Å²) in [6.07, 6.45) is 3.50. The fourth-order valence-electron chi connectivity index (χ4n) is 1.70. The topological polar surface area (TPSA) is 90.7 Å². The molecule has 0 amide bonds. The summed E-state index contributed by atoms with van der Waals surface area (Å²) >= 11 is 0. The lowest BCUT2D eigenvalue weighted by Crippen LogP contribution is -2.29. The van der Waals surface area contributed by atoms with Crippen LogP contribution in [0.3, 0.4) is 0 Å². The number of fused-ring (bicyclic) bond motifs is 1. The lowest BCUT2D eigenvalue weighted by atomic mass is 10.3. The van der Waals surface area contributed by atoms with E-state index in [1.807, 2.05) is 4.90 Å². The summed E-state index contributed by atoms with van der Waals surface area (Å²) in [5.74, 6) is 0.754. The Kier molecular flexibility index (Phi) is 4.04. The van der Waals surface area contributed by atoms with E-state index in [0.29, 0.717) is 31.8 Å². The molecule has 7 heteroatoms. The average Bonchev–Trinajstić information content (AvgIpc) is 2.87. The van der Waals surface area contributed by atoms with Gasteiger partial charge in [0.1, 0.15) is 11.8 Å². The van der Waals surface area contributed by atoms with Gasteiger partial charge >= 0.3 is 0 Å². The van der Waals surface area contributed by atoms with Gasteiger partial charge < -0.3 is 14.6 Å². The van der Waals surface area contributed by atoms with Gasteiger partial charge in [-0.25, -0.2) is 15.0 Å². The number of nitrogens with one attached hydrogen (secondary N) is 1. The molecular weight excluding hydrogens is 232 g/mol. The van der Waals surface area contributed by atoms with E-state index < -0.39 is 0 Å². The summed E-state index contributed by atoms with van der Waals surface area (Å²) < 4.78 is 5.07. The first-order chi connectivity index (χ1) is 8.86. The first kappa shape index (κ1) is 12.3. The van der Waals surface area contributed by atoms with E-state index in [-0.39, 0.29) is 0 Å². The van der Waals surface area contributed by atoms with Crippen LogP contribution in [0.25, 0.3) is 11.2 Å². The van der Waals surface area contributed by atoms with Crippen molar-refractivity contribution in [2.75, 3.05) is 31.7 Å². The Labute approximate surface area is 104 Å². The third kappa shape index (κ3) is 2.55. The molecule has 0 spiro atoms. The molecule has 0 atom stereocenters. The molecule has 0 aliphatic carbocycles. The fraction of sp³-hybridized carbons (Fsp3) is 0.455. The molecular formula is C11H14N6O. The summed E-state index contributed by atoms with van der Waals surface area (Å²) in [5.41, 5.74) is 1.41. The predicted molar refractivity (Wildman–Crippen MR) is 66.0 cm³/mol. The van der Waals surface area contributed by atoms with Crippen molar-refractivity contribution in [3.05, 3.63) is 12.7 Å². The molecule has 0 unspecified atom stereocenters. The molecule has 0 radical (unpaired) electrons. The number of ether oxygens (including phenoxy) is 1. The summed E-state index contributed by atoms with van der Waals surface area (Å²) in [7, 11) is 1.65. The smallest absolute Gasteiger partial charge is 0.182 e. The third-order valence-corrected chi connectivity index (χ3v) is 2.56. The highest BCUT2D eigenvalue weighted by Crippen LogP contribution is 2.19. The summed E-state index contributed by atoms with van der Waals surface area (Å²) in [6, 6.07) is 2.13. The van der Waals surface area contributed by atoms with Gasteiger partial charge in [0, 0.05) is 20.2 Å². The molecule has 94 valence electrons. The summed E-state index contributed by atoms with van der Waals surface area (Å²) in [6.45, 7) is 1.85. The van der Waals surface area contributed by atoms with Gasteiger partial charge in [0.15, 0.2) is 11.5 Å². The zero-order valence-corrected chi connectivity index (χ0v) is 10.1. The number of aromatic nitrogens is 4. The number of nitriles is 1. The van der Waals surface area contributed by atoms with Gasteiger partial charge in [-0.3, -0.25) is 0 Å². The van der Waals surface area contributed by atoms with E-state index in [1.165, 1.54) is 6.33 Å². The third-order valence-electron chi connectivity index (χ3n) is 2.56. The molecule has 7 nitrogen and oxygen atoms in total. The highest BCUT2D eigenvalue weighted by Gasteiger charge is 2.13. The Hall–Kier alpha value is -2.20. The Balaban J connectivity index is 2.28. The van der Waals surface area contributed by atoms with Crippen LogP contribution in [0, 0.1) is 11.3 Å². The maximum Gasteiger partial charge on any atom is 0.182 e. The van der Waals surface area contributed by atoms with Crippen LogP contribution in [0.4, 0.5) is 5.82 Å².